The van der Waals surface area contributed by atoms with E-state index in [-0.39, 0.29) is 29.5 Å². The van der Waals surface area contributed by atoms with Crippen molar-refractivity contribution in [1.29, 1.82) is 0 Å². The number of piperidine rings is 1. The van der Waals surface area contributed by atoms with Gasteiger partial charge in [-0.05, 0) is 37.8 Å². The Kier molecular flexibility index (Phi) is 3.45. The number of hydrogen-bond donors (Lipinski definition) is 2. The van der Waals surface area contributed by atoms with Crippen molar-refractivity contribution in [3.8, 4) is 0 Å². The summed E-state index contributed by atoms with van der Waals surface area (Å²) < 4.78 is 21.9. The van der Waals surface area contributed by atoms with Gasteiger partial charge < -0.3 is 10.6 Å². The predicted molar refractivity (Wildman–Crippen MR) is 65.4 cm³/mol. The normalized spacial score (nSPS) is 26.8. The quantitative estimate of drug-likeness (QED) is 0.717. The molecule has 2 N–H and O–H groups in total. The summed E-state index contributed by atoms with van der Waals surface area (Å²) in [4.78, 5) is 11.8. The highest BCUT2D eigenvalue weighted by molar-refractivity contribution is 7.90. The van der Waals surface area contributed by atoms with Crippen molar-refractivity contribution in [3.05, 3.63) is 0 Å². The van der Waals surface area contributed by atoms with E-state index in [9.17, 15) is 13.2 Å². The second-order valence-corrected chi connectivity index (χ2v) is 7.55. The first kappa shape index (κ1) is 12.8. The van der Waals surface area contributed by atoms with Gasteiger partial charge in [0.15, 0.2) is 0 Å². The third-order valence-electron chi connectivity index (χ3n) is 3.88. The molecule has 1 spiro atoms. The molecule has 1 unspecified atom stereocenters. The molecule has 0 bridgehead atoms. The fourth-order valence-corrected chi connectivity index (χ4v) is 3.15. The van der Waals surface area contributed by atoms with Gasteiger partial charge in [0.1, 0.15) is 9.84 Å². The first-order chi connectivity index (χ1) is 7.93. The summed E-state index contributed by atoms with van der Waals surface area (Å²) in [6.07, 6.45) is 4.29. The largest absolute Gasteiger partial charge is 0.355 e. The van der Waals surface area contributed by atoms with Crippen LogP contribution in [0.4, 0.5) is 0 Å². The molecule has 0 aromatic carbocycles. The lowest BCUT2D eigenvalue weighted by Crippen LogP contribution is -2.35. The van der Waals surface area contributed by atoms with Crippen molar-refractivity contribution in [1.82, 2.24) is 10.6 Å². The first-order valence-electron chi connectivity index (χ1n) is 6.09. The molecule has 0 aromatic rings. The summed E-state index contributed by atoms with van der Waals surface area (Å²) in [6, 6.07) is 0. The molecule has 0 aromatic heterocycles. The molecular formula is C11H20N2O3S. The van der Waals surface area contributed by atoms with Crippen molar-refractivity contribution in [3.63, 3.8) is 0 Å². The van der Waals surface area contributed by atoms with Crippen LogP contribution >= 0.6 is 0 Å². The molecule has 1 atom stereocenters. The van der Waals surface area contributed by atoms with E-state index in [1.807, 2.05) is 0 Å². The molecule has 5 nitrogen and oxygen atoms in total. The van der Waals surface area contributed by atoms with Crippen LogP contribution in [0.5, 0.6) is 0 Å². The van der Waals surface area contributed by atoms with Gasteiger partial charge in [0.05, 0.1) is 5.75 Å². The number of hydrogen-bond acceptors (Lipinski definition) is 4. The van der Waals surface area contributed by atoms with Crippen LogP contribution in [0.2, 0.25) is 0 Å². The monoisotopic (exact) mass is 260 g/mol. The Morgan fingerprint density at radius 1 is 1.41 bits per heavy atom. The summed E-state index contributed by atoms with van der Waals surface area (Å²) >= 11 is 0. The fourth-order valence-electron chi connectivity index (χ4n) is 2.68. The maximum Gasteiger partial charge on any atom is 0.223 e. The summed E-state index contributed by atoms with van der Waals surface area (Å²) in [6.45, 7) is 2.22. The van der Waals surface area contributed by atoms with Crippen molar-refractivity contribution in [2.24, 2.45) is 11.3 Å². The maximum absolute atomic E-state index is 11.8. The summed E-state index contributed by atoms with van der Waals surface area (Å²) in [5.74, 6) is 0.180. The Balaban J connectivity index is 1.75. The summed E-state index contributed by atoms with van der Waals surface area (Å²) in [5, 5.41) is 6.03. The van der Waals surface area contributed by atoms with Crippen LogP contribution < -0.4 is 10.6 Å². The van der Waals surface area contributed by atoms with Crippen LogP contribution in [0.15, 0.2) is 0 Å². The molecule has 2 fully saturated rings. The van der Waals surface area contributed by atoms with E-state index in [1.54, 1.807) is 0 Å². The predicted octanol–water partition coefficient (Wildman–Crippen LogP) is -0.463. The Bertz CT molecular complexity index is 399. The molecule has 2 rings (SSSR count). The van der Waals surface area contributed by atoms with E-state index in [2.05, 4.69) is 10.6 Å². The number of rotatable bonds is 4. The zero-order chi connectivity index (χ0) is 12.5. The first-order valence-corrected chi connectivity index (χ1v) is 8.15. The highest BCUT2D eigenvalue weighted by Crippen LogP contribution is 2.58. The van der Waals surface area contributed by atoms with Gasteiger partial charge in [0.25, 0.3) is 0 Å². The van der Waals surface area contributed by atoms with Crippen LogP contribution in [-0.2, 0) is 14.6 Å². The number of nitrogens with one attached hydrogen (secondary N) is 2. The van der Waals surface area contributed by atoms with Gasteiger partial charge in [0.2, 0.25) is 5.91 Å². The molecule has 1 heterocycles. The number of sulfone groups is 1. The van der Waals surface area contributed by atoms with Crippen molar-refractivity contribution in [2.75, 3.05) is 31.6 Å². The third kappa shape index (κ3) is 3.19. The lowest BCUT2D eigenvalue weighted by Gasteiger charge is -2.23. The van der Waals surface area contributed by atoms with Crippen LogP contribution in [0.3, 0.4) is 0 Å². The molecule has 98 valence electrons. The van der Waals surface area contributed by atoms with E-state index in [1.165, 1.54) is 6.26 Å². The number of carbonyl (C=O) groups is 1. The molecule has 1 aliphatic heterocycles. The smallest absolute Gasteiger partial charge is 0.223 e. The van der Waals surface area contributed by atoms with Gasteiger partial charge in [-0.3, -0.25) is 4.79 Å². The Labute approximate surface area is 102 Å². The van der Waals surface area contributed by atoms with Crippen LogP contribution in [-0.4, -0.2) is 46.0 Å². The molecule has 2 aliphatic rings. The van der Waals surface area contributed by atoms with Crippen molar-refractivity contribution in [2.45, 2.75) is 19.3 Å². The van der Waals surface area contributed by atoms with Crippen molar-refractivity contribution < 1.29 is 13.2 Å². The second-order valence-electron chi connectivity index (χ2n) is 5.29. The zero-order valence-electron chi connectivity index (χ0n) is 10.2. The lowest BCUT2D eigenvalue weighted by molar-refractivity contribution is -0.123. The van der Waals surface area contributed by atoms with E-state index in [4.69, 9.17) is 0 Å². The summed E-state index contributed by atoms with van der Waals surface area (Å²) in [7, 11) is -2.98. The van der Waals surface area contributed by atoms with Gasteiger partial charge in [-0.2, -0.15) is 0 Å². The average Bonchev–Trinajstić information content (AvgIpc) is 2.91. The van der Waals surface area contributed by atoms with E-state index < -0.39 is 9.84 Å². The van der Waals surface area contributed by atoms with E-state index in [0.29, 0.717) is 0 Å². The minimum atomic E-state index is -2.98. The van der Waals surface area contributed by atoms with Crippen molar-refractivity contribution >= 4 is 15.7 Å². The van der Waals surface area contributed by atoms with E-state index >= 15 is 0 Å². The van der Waals surface area contributed by atoms with Gasteiger partial charge in [-0.15, -0.1) is 0 Å². The second kappa shape index (κ2) is 4.57. The van der Waals surface area contributed by atoms with Gasteiger partial charge >= 0.3 is 0 Å². The Morgan fingerprint density at radius 2 is 2.06 bits per heavy atom. The molecule has 1 saturated heterocycles. The standard InChI is InChI=1S/C11H20N2O3S/c1-17(15,16)7-6-13-10(14)9-8-11(9)2-4-12-5-3-11/h9,12H,2-8H2,1H3,(H,13,14). The topological polar surface area (TPSA) is 75.3 Å². The molecule has 1 saturated carbocycles. The zero-order valence-corrected chi connectivity index (χ0v) is 11.0. The van der Waals surface area contributed by atoms with Gasteiger partial charge in [0, 0.05) is 18.7 Å². The number of carbonyl (C=O) groups excluding carboxylic acids is 1. The van der Waals surface area contributed by atoms with Crippen LogP contribution in [0.25, 0.3) is 0 Å². The molecule has 17 heavy (non-hydrogen) atoms. The maximum atomic E-state index is 11.8. The highest BCUT2D eigenvalue weighted by atomic mass is 32.2. The Morgan fingerprint density at radius 3 is 2.65 bits per heavy atom. The molecular weight excluding hydrogens is 240 g/mol. The SMILES string of the molecule is CS(=O)(=O)CCNC(=O)C1CC12CCNCC2. The number of amides is 1. The molecule has 1 aliphatic carbocycles. The molecule has 6 heteroatoms. The average molecular weight is 260 g/mol. The van der Waals surface area contributed by atoms with Crippen LogP contribution in [0, 0.1) is 11.3 Å². The van der Waals surface area contributed by atoms with Gasteiger partial charge in [-0.25, -0.2) is 8.42 Å². The Hall–Kier alpha value is -0.620. The molecule has 0 radical (unpaired) electrons. The van der Waals surface area contributed by atoms with E-state index in [0.717, 1.165) is 32.4 Å². The van der Waals surface area contributed by atoms with Gasteiger partial charge in [-0.1, -0.05) is 0 Å². The lowest BCUT2D eigenvalue weighted by atomic mass is 9.92. The minimum Gasteiger partial charge on any atom is -0.355 e. The van der Waals surface area contributed by atoms with Crippen LogP contribution in [0.1, 0.15) is 19.3 Å². The molecule has 1 amide bonds. The highest BCUT2D eigenvalue weighted by Gasteiger charge is 2.57. The minimum absolute atomic E-state index is 0.0278. The third-order valence-corrected chi connectivity index (χ3v) is 4.82. The fraction of sp³-hybridized carbons (Fsp3) is 0.909. The summed E-state index contributed by atoms with van der Waals surface area (Å²) in [5.41, 5.74) is 0.223.